The second-order valence-electron chi connectivity index (χ2n) is 6.25. The highest BCUT2D eigenvalue weighted by atomic mass is 32.2. The Balaban J connectivity index is 2.16. The molecule has 0 spiro atoms. The first-order valence-corrected chi connectivity index (χ1v) is 11.7. The zero-order valence-electron chi connectivity index (χ0n) is 15.0. The quantitative estimate of drug-likeness (QED) is 0.612. The highest BCUT2D eigenvalue weighted by Crippen LogP contribution is 2.33. The number of nitrogens with zero attached hydrogens (tertiary/aromatic N) is 3. The van der Waals surface area contributed by atoms with E-state index in [4.69, 9.17) is 0 Å². The van der Waals surface area contributed by atoms with Gasteiger partial charge in [-0.05, 0) is 30.3 Å². The molecule has 12 heteroatoms. The van der Waals surface area contributed by atoms with Crippen molar-refractivity contribution in [3.63, 3.8) is 0 Å². The SMILES string of the molecule is CS(=O)(=O)c1ccc(-c2cc(C(F)(F)F)nn2-c2ccc(S(C)(=O)=O)nc2)cc1. The van der Waals surface area contributed by atoms with E-state index in [1.165, 1.54) is 30.3 Å². The van der Waals surface area contributed by atoms with Gasteiger partial charge in [-0.2, -0.15) is 18.3 Å². The second kappa shape index (κ2) is 6.95. The first-order valence-electron chi connectivity index (χ1n) is 7.91. The monoisotopic (exact) mass is 445 g/mol. The molecule has 3 aromatic rings. The molecule has 0 bridgehead atoms. The zero-order chi connectivity index (χ0) is 21.6. The Hall–Kier alpha value is -2.73. The van der Waals surface area contributed by atoms with Crippen LogP contribution >= 0.6 is 0 Å². The lowest BCUT2D eigenvalue weighted by molar-refractivity contribution is -0.141. The van der Waals surface area contributed by atoms with Gasteiger partial charge in [-0.1, -0.05) is 12.1 Å². The predicted octanol–water partition coefficient (Wildman–Crippen LogP) is 2.76. The number of hydrogen-bond acceptors (Lipinski definition) is 6. The van der Waals surface area contributed by atoms with E-state index >= 15 is 0 Å². The Morgan fingerprint density at radius 2 is 1.52 bits per heavy atom. The van der Waals surface area contributed by atoms with Crippen LogP contribution in [0.2, 0.25) is 0 Å². The van der Waals surface area contributed by atoms with Gasteiger partial charge in [-0.3, -0.25) is 0 Å². The molecular weight excluding hydrogens is 431 g/mol. The smallest absolute Gasteiger partial charge is 0.242 e. The first-order chi connectivity index (χ1) is 13.3. The molecule has 7 nitrogen and oxygen atoms in total. The third-order valence-corrected chi connectivity index (χ3v) is 6.05. The summed E-state index contributed by atoms with van der Waals surface area (Å²) in [6, 6.07) is 8.55. The second-order valence-corrected chi connectivity index (χ2v) is 10.2. The Kier molecular flexibility index (Phi) is 5.03. The van der Waals surface area contributed by atoms with E-state index in [-0.39, 0.29) is 26.9 Å². The van der Waals surface area contributed by atoms with Gasteiger partial charge >= 0.3 is 6.18 Å². The molecular formula is C17H14F3N3O4S2. The molecule has 0 aliphatic heterocycles. The molecule has 0 amide bonds. The maximum Gasteiger partial charge on any atom is 0.435 e. The van der Waals surface area contributed by atoms with Crippen LogP contribution in [0.15, 0.2) is 58.6 Å². The van der Waals surface area contributed by atoms with Gasteiger partial charge in [0.2, 0.25) is 0 Å². The molecule has 29 heavy (non-hydrogen) atoms. The Morgan fingerprint density at radius 3 is 1.97 bits per heavy atom. The fraction of sp³-hybridized carbons (Fsp3) is 0.176. The Morgan fingerprint density at radius 1 is 0.897 bits per heavy atom. The number of rotatable bonds is 4. The van der Waals surface area contributed by atoms with Crippen molar-refractivity contribution in [2.45, 2.75) is 16.1 Å². The van der Waals surface area contributed by atoms with Crippen molar-refractivity contribution < 1.29 is 30.0 Å². The number of benzene rings is 1. The Bertz CT molecular complexity index is 1170. The van der Waals surface area contributed by atoms with Gasteiger partial charge < -0.3 is 0 Å². The van der Waals surface area contributed by atoms with E-state index in [0.717, 1.165) is 35.5 Å². The average molecular weight is 445 g/mol. The van der Waals surface area contributed by atoms with Crippen LogP contribution in [0.3, 0.4) is 0 Å². The van der Waals surface area contributed by atoms with E-state index in [1.807, 2.05) is 0 Å². The van der Waals surface area contributed by atoms with Gasteiger partial charge in [-0.25, -0.2) is 26.5 Å². The number of pyridine rings is 1. The summed E-state index contributed by atoms with van der Waals surface area (Å²) in [7, 11) is -7.05. The summed E-state index contributed by atoms with van der Waals surface area (Å²) >= 11 is 0. The number of hydrogen-bond donors (Lipinski definition) is 0. The van der Waals surface area contributed by atoms with Gasteiger partial charge in [-0.15, -0.1) is 0 Å². The number of aromatic nitrogens is 3. The summed E-state index contributed by atoms with van der Waals surface area (Å²) in [5.41, 5.74) is -0.735. The summed E-state index contributed by atoms with van der Waals surface area (Å²) in [5, 5.41) is 3.34. The van der Waals surface area contributed by atoms with Gasteiger partial charge in [0.15, 0.2) is 30.4 Å². The van der Waals surface area contributed by atoms with E-state index in [1.54, 1.807) is 0 Å². The van der Waals surface area contributed by atoms with Crippen LogP contribution in [-0.2, 0) is 25.9 Å². The lowest BCUT2D eigenvalue weighted by Crippen LogP contribution is -2.08. The topological polar surface area (TPSA) is 99.0 Å². The van der Waals surface area contributed by atoms with Crippen molar-refractivity contribution in [3.05, 3.63) is 54.4 Å². The van der Waals surface area contributed by atoms with Crippen molar-refractivity contribution in [2.24, 2.45) is 0 Å². The highest BCUT2D eigenvalue weighted by molar-refractivity contribution is 7.91. The molecule has 0 fully saturated rings. The van der Waals surface area contributed by atoms with E-state index < -0.39 is 31.5 Å². The van der Waals surface area contributed by atoms with Crippen molar-refractivity contribution in [3.8, 4) is 16.9 Å². The summed E-state index contributed by atoms with van der Waals surface area (Å²) < 4.78 is 86.8. The third-order valence-electron chi connectivity index (χ3n) is 3.92. The number of sulfone groups is 2. The molecule has 0 saturated carbocycles. The van der Waals surface area contributed by atoms with Crippen LogP contribution in [0.1, 0.15) is 5.69 Å². The van der Waals surface area contributed by atoms with Crippen molar-refractivity contribution >= 4 is 19.7 Å². The van der Waals surface area contributed by atoms with E-state index in [0.29, 0.717) is 0 Å². The minimum Gasteiger partial charge on any atom is -0.242 e. The molecule has 2 heterocycles. The lowest BCUT2D eigenvalue weighted by Gasteiger charge is -2.08. The van der Waals surface area contributed by atoms with E-state index in [9.17, 15) is 30.0 Å². The largest absolute Gasteiger partial charge is 0.435 e. The maximum absolute atomic E-state index is 13.2. The molecule has 0 saturated heterocycles. The first kappa shape index (κ1) is 21.0. The highest BCUT2D eigenvalue weighted by Gasteiger charge is 2.35. The van der Waals surface area contributed by atoms with Crippen molar-refractivity contribution in [1.29, 1.82) is 0 Å². The van der Waals surface area contributed by atoms with Crippen LogP contribution in [0.25, 0.3) is 16.9 Å². The van der Waals surface area contributed by atoms with Crippen LogP contribution in [0, 0.1) is 0 Å². The van der Waals surface area contributed by atoms with Crippen LogP contribution in [-0.4, -0.2) is 44.1 Å². The molecule has 0 unspecified atom stereocenters. The number of alkyl halides is 3. The van der Waals surface area contributed by atoms with E-state index in [2.05, 4.69) is 10.1 Å². The predicted molar refractivity (Wildman–Crippen MR) is 98.0 cm³/mol. The minimum absolute atomic E-state index is 0.0162. The average Bonchev–Trinajstić information content (AvgIpc) is 3.06. The molecule has 0 atom stereocenters. The van der Waals surface area contributed by atoms with Crippen molar-refractivity contribution in [1.82, 2.24) is 14.8 Å². The summed E-state index contributed by atoms with van der Waals surface area (Å²) in [4.78, 5) is 3.79. The fourth-order valence-electron chi connectivity index (χ4n) is 2.51. The van der Waals surface area contributed by atoms with Crippen molar-refractivity contribution in [2.75, 3.05) is 12.5 Å². The van der Waals surface area contributed by atoms with Gasteiger partial charge in [0.05, 0.1) is 22.5 Å². The molecule has 0 aliphatic carbocycles. The summed E-state index contributed by atoms with van der Waals surface area (Å²) in [5.74, 6) is 0. The minimum atomic E-state index is -4.72. The fourth-order valence-corrected chi connectivity index (χ4v) is 3.70. The molecule has 154 valence electrons. The zero-order valence-corrected chi connectivity index (χ0v) is 16.7. The van der Waals surface area contributed by atoms with Gasteiger partial charge in [0.25, 0.3) is 0 Å². The van der Waals surface area contributed by atoms with Gasteiger partial charge in [0.1, 0.15) is 0 Å². The number of halogens is 3. The molecule has 3 rings (SSSR count). The van der Waals surface area contributed by atoms with Crippen LogP contribution in [0.4, 0.5) is 13.2 Å². The van der Waals surface area contributed by atoms with Crippen LogP contribution in [0.5, 0.6) is 0 Å². The normalized spacial score (nSPS) is 12.9. The molecule has 2 aromatic heterocycles. The molecule has 0 aliphatic rings. The lowest BCUT2D eigenvalue weighted by atomic mass is 10.1. The maximum atomic E-state index is 13.2. The standard InChI is InChI=1S/C17H14F3N3O4S2/c1-28(24,25)13-6-3-11(4-7-13)14-9-15(17(18,19)20)22-23(14)12-5-8-16(21-10-12)29(2,26)27/h3-10H,1-2H3. The van der Waals surface area contributed by atoms with Crippen LogP contribution < -0.4 is 0 Å². The Labute approximate surface area is 164 Å². The molecule has 1 aromatic carbocycles. The molecule has 0 N–H and O–H groups in total. The summed E-state index contributed by atoms with van der Waals surface area (Å²) in [6.07, 6.45) is -1.65. The molecule has 0 radical (unpaired) electrons. The summed E-state index contributed by atoms with van der Waals surface area (Å²) in [6.45, 7) is 0. The third kappa shape index (κ3) is 4.48. The van der Waals surface area contributed by atoms with Gasteiger partial charge in [0, 0.05) is 18.1 Å².